The highest BCUT2D eigenvalue weighted by molar-refractivity contribution is 7.14. The zero-order valence-corrected chi connectivity index (χ0v) is 15.2. The minimum atomic E-state index is -0.159. The summed E-state index contributed by atoms with van der Waals surface area (Å²) >= 11 is 2.75. The lowest BCUT2D eigenvalue weighted by atomic mass is 10.2. The Morgan fingerprint density at radius 1 is 1.08 bits per heavy atom. The number of hydrogen-bond donors (Lipinski definition) is 2. The molecule has 0 atom stereocenters. The third kappa shape index (κ3) is 4.74. The highest BCUT2D eigenvalue weighted by Crippen LogP contribution is 2.19. The second-order valence-electron chi connectivity index (χ2n) is 5.44. The fraction of sp³-hybridized carbons (Fsp3) is 0.167. The number of hydrogen-bond acceptors (Lipinski definition) is 5. The number of para-hydroxylation sites is 1. The smallest absolute Gasteiger partial charge is 0.267 e. The Bertz CT molecular complexity index is 872. The first kappa shape index (κ1) is 17.3. The fourth-order valence-corrected chi connectivity index (χ4v) is 3.57. The van der Waals surface area contributed by atoms with Crippen molar-refractivity contribution in [2.75, 3.05) is 10.6 Å². The van der Waals surface area contributed by atoms with Gasteiger partial charge in [0.2, 0.25) is 5.91 Å². The van der Waals surface area contributed by atoms with Gasteiger partial charge >= 0.3 is 0 Å². The van der Waals surface area contributed by atoms with Crippen LogP contribution in [0.25, 0.3) is 0 Å². The SMILES string of the molecule is Cc1ccccc1NC(=O)CCc1csc(NC(=O)c2cccs2)n1. The minimum Gasteiger partial charge on any atom is -0.326 e. The molecule has 0 unspecified atom stereocenters. The van der Waals surface area contributed by atoms with Crippen molar-refractivity contribution >= 4 is 45.3 Å². The summed E-state index contributed by atoms with van der Waals surface area (Å²) in [4.78, 5) is 29.1. The molecule has 0 aliphatic carbocycles. The van der Waals surface area contributed by atoms with E-state index < -0.39 is 0 Å². The molecule has 1 aromatic carbocycles. The number of carbonyl (C=O) groups is 2. The predicted molar refractivity (Wildman–Crippen MR) is 103 cm³/mol. The first-order chi connectivity index (χ1) is 12.1. The topological polar surface area (TPSA) is 71.1 Å². The maximum Gasteiger partial charge on any atom is 0.267 e. The lowest BCUT2D eigenvalue weighted by molar-refractivity contribution is -0.116. The summed E-state index contributed by atoms with van der Waals surface area (Å²) in [5.74, 6) is -0.209. The van der Waals surface area contributed by atoms with Crippen LogP contribution in [0.4, 0.5) is 10.8 Å². The van der Waals surface area contributed by atoms with Gasteiger partial charge in [-0.3, -0.25) is 14.9 Å². The van der Waals surface area contributed by atoms with Crippen molar-refractivity contribution in [1.82, 2.24) is 4.98 Å². The fourth-order valence-electron chi connectivity index (χ4n) is 2.21. The van der Waals surface area contributed by atoms with Crippen LogP contribution in [0, 0.1) is 6.92 Å². The molecule has 0 fully saturated rings. The first-order valence-corrected chi connectivity index (χ1v) is 9.52. The van der Waals surface area contributed by atoms with Crippen LogP contribution in [0.15, 0.2) is 47.2 Å². The third-order valence-electron chi connectivity index (χ3n) is 3.54. The minimum absolute atomic E-state index is 0.0496. The Morgan fingerprint density at radius 3 is 2.68 bits per heavy atom. The van der Waals surface area contributed by atoms with Crippen molar-refractivity contribution in [2.24, 2.45) is 0 Å². The standard InChI is InChI=1S/C18H17N3O2S2/c1-12-5-2-3-6-14(12)20-16(22)9-8-13-11-25-18(19-13)21-17(23)15-7-4-10-24-15/h2-7,10-11H,8-9H2,1H3,(H,20,22)(H,19,21,23). The van der Waals surface area contributed by atoms with Gasteiger partial charge in [0.25, 0.3) is 5.91 Å². The molecule has 0 saturated carbocycles. The molecule has 2 heterocycles. The number of aromatic nitrogens is 1. The Balaban J connectivity index is 1.51. The summed E-state index contributed by atoms with van der Waals surface area (Å²) in [6.07, 6.45) is 0.874. The van der Waals surface area contributed by atoms with E-state index in [-0.39, 0.29) is 11.8 Å². The lowest BCUT2D eigenvalue weighted by Crippen LogP contribution is -2.13. The molecule has 25 heavy (non-hydrogen) atoms. The second-order valence-corrected chi connectivity index (χ2v) is 7.24. The number of amides is 2. The number of nitrogens with zero attached hydrogens (tertiary/aromatic N) is 1. The quantitative estimate of drug-likeness (QED) is 0.677. The van der Waals surface area contributed by atoms with E-state index in [4.69, 9.17) is 0 Å². The molecule has 3 rings (SSSR count). The summed E-state index contributed by atoms with van der Waals surface area (Å²) in [5.41, 5.74) is 2.66. The molecule has 128 valence electrons. The van der Waals surface area contributed by atoms with Gasteiger partial charge in [0, 0.05) is 17.5 Å². The number of benzene rings is 1. The van der Waals surface area contributed by atoms with Crippen LogP contribution in [-0.2, 0) is 11.2 Å². The van der Waals surface area contributed by atoms with Crippen molar-refractivity contribution in [3.8, 4) is 0 Å². The molecule has 7 heteroatoms. The molecule has 2 N–H and O–H groups in total. The van der Waals surface area contributed by atoms with Crippen LogP contribution < -0.4 is 10.6 Å². The van der Waals surface area contributed by atoms with E-state index in [0.29, 0.717) is 22.9 Å². The summed E-state index contributed by atoms with van der Waals surface area (Å²) in [6.45, 7) is 1.96. The van der Waals surface area contributed by atoms with Gasteiger partial charge in [-0.05, 0) is 36.4 Å². The Morgan fingerprint density at radius 2 is 1.92 bits per heavy atom. The zero-order valence-electron chi connectivity index (χ0n) is 13.6. The number of carbonyl (C=O) groups excluding carboxylic acids is 2. The highest BCUT2D eigenvalue weighted by atomic mass is 32.1. The maximum atomic E-state index is 12.1. The first-order valence-electron chi connectivity index (χ1n) is 7.76. The van der Waals surface area contributed by atoms with Crippen LogP contribution in [0.1, 0.15) is 27.3 Å². The molecule has 0 radical (unpaired) electrons. The average Bonchev–Trinajstić information content (AvgIpc) is 3.27. The highest BCUT2D eigenvalue weighted by Gasteiger charge is 2.11. The molecule has 2 aromatic heterocycles. The van der Waals surface area contributed by atoms with Gasteiger partial charge in [-0.2, -0.15) is 0 Å². The van der Waals surface area contributed by atoms with Gasteiger partial charge < -0.3 is 5.32 Å². The molecule has 3 aromatic rings. The summed E-state index contributed by atoms with van der Waals surface area (Å²) in [7, 11) is 0. The van der Waals surface area contributed by atoms with Crippen molar-refractivity contribution in [2.45, 2.75) is 19.8 Å². The zero-order chi connectivity index (χ0) is 17.6. The molecular weight excluding hydrogens is 354 g/mol. The molecule has 2 amide bonds. The van der Waals surface area contributed by atoms with E-state index in [2.05, 4.69) is 15.6 Å². The molecule has 0 aliphatic heterocycles. The molecule has 0 bridgehead atoms. The maximum absolute atomic E-state index is 12.1. The molecule has 0 spiro atoms. The summed E-state index contributed by atoms with van der Waals surface area (Å²) < 4.78 is 0. The van der Waals surface area contributed by atoms with E-state index >= 15 is 0 Å². The van der Waals surface area contributed by atoms with E-state index in [1.807, 2.05) is 48.0 Å². The molecular formula is C18H17N3O2S2. The van der Waals surface area contributed by atoms with Gasteiger partial charge in [0.15, 0.2) is 5.13 Å². The predicted octanol–water partition coefficient (Wildman–Crippen LogP) is 4.34. The van der Waals surface area contributed by atoms with Crippen LogP contribution in [0.3, 0.4) is 0 Å². The van der Waals surface area contributed by atoms with E-state index in [1.165, 1.54) is 22.7 Å². The van der Waals surface area contributed by atoms with Crippen LogP contribution in [0.2, 0.25) is 0 Å². The lowest BCUT2D eigenvalue weighted by Gasteiger charge is -2.07. The Hall–Kier alpha value is -2.51. The van der Waals surface area contributed by atoms with Crippen molar-refractivity contribution in [3.63, 3.8) is 0 Å². The third-order valence-corrected chi connectivity index (χ3v) is 5.22. The van der Waals surface area contributed by atoms with Gasteiger partial charge in [0.05, 0.1) is 10.6 Å². The molecule has 0 aliphatic rings. The van der Waals surface area contributed by atoms with E-state index in [9.17, 15) is 9.59 Å². The molecule has 5 nitrogen and oxygen atoms in total. The van der Waals surface area contributed by atoms with E-state index in [1.54, 1.807) is 6.07 Å². The second kappa shape index (κ2) is 8.04. The number of aryl methyl sites for hydroxylation is 2. The average molecular weight is 371 g/mol. The Labute approximate surface area is 153 Å². The largest absolute Gasteiger partial charge is 0.326 e. The van der Waals surface area contributed by atoms with Gasteiger partial charge in [-0.25, -0.2) is 4.98 Å². The Kier molecular flexibility index (Phi) is 5.57. The van der Waals surface area contributed by atoms with Gasteiger partial charge in [0.1, 0.15) is 0 Å². The van der Waals surface area contributed by atoms with Crippen LogP contribution >= 0.6 is 22.7 Å². The van der Waals surface area contributed by atoms with Crippen molar-refractivity contribution in [1.29, 1.82) is 0 Å². The van der Waals surface area contributed by atoms with Crippen LogP contribution in [-0.4, -0.2) is 16.8 Å². The number of thiazole rings is 1. The number of thiophene rings is 1. The normalized spacial score (nSPS) is 10.4. The number of anilines is 2. The monoisotopic (exact) mass is 371 g/mol. The summed E-state index contributed by atoms with van der Waals surface area (Å²) in [6, 6.07) is 11.3. The van der Waals surface area contributed by atoms with E-state index in [0.717, 1.165) is 16.9 Å². The number of rotatable bonds is 6. The van der Waals surface area contributed by atoms with Crippen molar-refractivity contribution in [3.05, 3.63) is 63.3 Å². The van der Waals surface area contributed by atoms with Crippen molar-refractivity contribution < 1.29 is 9.59 Å². The number of nitrogens with one attached hydrogen (secondary N) is 2. The summed E-state index contributed by atoms with van der Waals surface area (Å²) in [5, 5.41) is 9.96. The van der Waals surface area contributed by atoms with Gasteiger partial charge in [-0.1, -0.05) is 24.3 Å². The van der Waals surface area contributed by atoms with Gasteiger partial charge in [-0.15, -0.1) is 22.7 Å². The van der Waals surface area contributed by atoms with Crippen LogP contribution in [0.5, 0.6) is 0 Å². The molecule has 0 saturated heterocycles.